The Bertz CT molecular complexity index is 738. The van der Waals surface area contributed by atoms with E-state index in [2.05, 4.69) is 30.7 Å². The third kappa shape index (κ3) is 3.48. The average Bonchev–Trinajstić information content (AvgIpc) is 2.87. The summed E-state index contributed by atoms with van der Waals surface area (Å²) >= 11 is 1.49. The topological polar surface area (TPSA) is 105 Å². The second-order valence-electron chi connectivity index (χ2n) is 4.35. The highest BCUT2D eigenvalue weighted by Crippen LogP contribution is 2.26. The Morgan fingerprint density at radius 2 is 2.05 bits per heavy atom. The van der Waals surface area contributed by atoms with Gasteiger partial charge in [-0.25, -0.2) is 4.98 Å². The maximum absolute atomic E-state index is 5.66. The van der Waals surface area contributed by atoms with Crippen LogP contribution in [-0.4, -0.2) is 25.4 Å². The molecule has 1 aromatic carbocycles. The molecule has 3 aromatic rings. The SMILES string of the molecule is Cc1cc(Nc2nncc(Sc3ccc(N)cc3)n2)n[nH]1. The molecule has 0 spiro atoms. The number of benzene rings is 1. The van der Waals surface area contributed by atoms with Gasteiger partial charge in [0.25, 0.3) is 0 Å². The molecular weight excluding hydrogens is 286 g/mol. The van der Waals surface area contributed by atoms with Gasteiger partial charge in [-0.15, -0.1) is 5.10 Å². The summed E-state index contributed by atoms with van der Waals surface area (Å²) in [4.78, 5) is 5.42. The van der Waals surface area contributed by atoms with Crippen molar-refractivity contribution in [3.63, 3.8) is 0 Å². The van der Waals surface area contributed by atoms with Crippen molar-refractivity contribution in [3.05, 3.63) is 42.2 Å². The quantitative estimate of drug-likeness (QED) is 0.635. The molecule has 4 N–H and O–H groups in total. The summed E-state index contributed by atoms with van der Waals surface area (Å²) in [5.41, 5.74) is 7.35. The first-order valence-electron chi connectivity index (χ1n) is 6.21. The Labute approximate surface area is 125 Å². The van der Waals surface area contributed by atoms with Crippen LogP contribution in [0.1, 0.15) is 5.69 Å². The van der Waals surface area contributed by atoms with E-state index in [0.717, 1.165) is 21.3 Å². The number of nitrogens with zero attached hydrogens (tertiary/aromatic N) is 4. The standard InChI is InChI=1S/C13H13N7S/c1-8-6-11(19-18-8)16-13-17-12(7-15-20-13)21-10-4-2-9(14)3-5-10/h2-7H,14H2,1H3,(H2,16,17,18,19,20). The van der Waals surface area contributed by atoms with Gasteiger partial charge in [0.05, 0.1) is 6.20 Å². The van der Waals surface area contributed by atoms with E-state index < -0.39 is 0 Å². The van der Waals surface area contributed by atoms with Gasteiger partial charge in [0.15, 0.2) is 5.82 Å². The zero-order chi connectivity index (χ0) is 14.7. The van der Waals surface area contributed by atoms with Crippen molar-refractivity contribution in [2.45, 2.75) is 16.8 Å². The fraction of sp³-hybridized carbons (Fsp3) is 0.0769. The lowest BCUT2D eigenvalue weighted by Gasteiger charge is -2.03. The second kappa shape index (κ2) is 5.80. The van der Waals surface area contributed by atoms with Gasteiger partial charge in [-0.1, -0.05) is 11.8 Å². The van der Waals surface area contributed by atoms with E-state index in [0.29, 0.717) is 11.8 Å². The van der Waals surface area contributed by atoms with Crippen molar-refractivity contribution in [1.82, 2.24) is 25.4 Å². The average molecular weight is 299 g/mol. The van der Waals surface area contributed by atoms with Gasteiger partial charge in [-0.05, 0) is 31.2 Å². The molecule has 3 rings (SSSR count). The van der Waals surface area contributed by atoms with E-state index in [4.69, 9.17) is 5.73 Å². The first-order valence-corrected chi connectivity index (χ1v) is 7.03. The number of H-pyrrole nitrogens is 1. The third-order valence-corrected chi connectivity index (χ3v) is 3.50. The Kier molecular flexibility index (Phi) is 3.69. The number of aryl methyl sites for hydroxylation is 1. The van der Waals surface area contributed by atoms with Gasteiger partial charge in [-0.2, -0.15) is 10.2 Å². The zero-order valence-electron chi connectivity index (χ0n) is 11.2. The van der Waals surface area contributed by atoms with Crippen molar-refractivity contribution in [2.75, 3.05) is 11.1 Å². The number of aromatic nitrogens is 5. The number of nitrogens with two attached hydrogens (primary N) is 1. The first-order chi connectivity index (χ1) is 10.2. The van der Waals surface area contributed by atoms with Gasteiger partial charge >= 0.3 is 0 Å². The summed E-state index contributed by atoms with van der Waals surface area (Å²) < 4.78 is 0. The lowest BCUT2D eigenvalue weighted by molar-refractivity contribution is 0.910. The minimum Gasteiger partial charge on any atom is -0.399 e. The van der Waals surface area contributed by atoms with Crippen LogP contribution in [0.3, 0.4) is 0 Å². The summed E-state index contributed by atoms with van der Waals surface area (Å²) in [6.45, 7) is 1.92. The van der Waals surface area contributed by atoms with Gasteiger partial charge < -0.3 is 11.1 Å². The Morgan fingerprint density at radius 1 is 1.24 bits per heavy atom. The molecule has 0 radical (unpaired) electrons. The maximum atomic E-state index is 5.66. The molecule has 106 valence electrons. The van der Waals surface area contributed by atoms with E-state index in [1.54, 1.807) is 6.20 Å². The molecule has 0 unspecified atom stereocenters. The fourth-order valence-corrected chi connectivity index (χ4v) is 2.39. The van der Waals surface area contributed by atoms with E-state index in [9.17, 15) is 0 Å². The maximum Gasteiger partial charge on any atom is 0.249 e. The number of aromatic amines is 1. The molecule has 0 aliphatic heterocycles. The van der Waals surface area contributed by atoms with Gasteiger partial charge in [0, 0.05) is 22.3 Å². The number of nitrogens with one attached hydrogen (secondary N) is 2. The highest BCUT2D eigenvalue weighted by molar-refractivity contribution is 7.99. The van der Waals surface area contributed by atoms with E-state index >= 15 is 0 Å². The highest BCUT2D eigenvalue weighted by atomic mass is 32.2. The van der Waals surface area contributed by atoms with Crippen LogP contribution in [0.4, 0.5) is 17.5 Å². The minimum atomic E-state index is 0.405. The smallest absolute Gasteiger partial charge is 0.249 e. The summed E-state index contributed by atoms with van der Waals surface area (Å²) in [6.07, 6.45) is 1.61. The molecule has 0 amide bonds. The Hall–Kier alpha value is -2.61. The number of hydrogen-bond acceptors (Lipinski definition) is 7. The van der Waals surface area contributed by atoms with Crippen LogP contribution in [0.2, 0.25) is 0 Å². The molecule has 2 heterocycles. The fourth-order valence-electron chi connectivity index (χ4n) is 1.64. The van der Waals surface area contributed by atoms with E-state index in [-0.39, 0.29) is 0 Å². The number of anilines is 3. The zero-order valence-corrected chi connectivity index (χ0v) is 12.1. The van der Waals surface area contributed by atoms with Crippen LogP contribution in [-0.2, 0) is 0 Å². The normalized spacial score (nSPS) is 10.5. The predicted molar refractivity (Wildman–Crippen MR) is 81.4 cm³/mol. The van der Waals surface area contributed by atoms with Crippen LogP contribution in [0.25, 0.3) is 0 Å². The van der Waals surface area contributed by atoms with Crippen molar-refractivity contribution >= 4 is 29.2 Å². The molecule has 8 heteroatoms. The molecule has 2 aromatic heterocycles. The van der Waals surface area contributed by atoms with Crippen molar-refractivity contribution in [3.8, 4) is 0 Å². The molecule has 0 saturated carbocycles. The molecule has 0 atom stereocenters. The van der Waals surface area contributed by atoms with Crippen LogP contribution in [0.5, 0.6) is 0 Å². The third-order valence-electron chi connectivity index (χ3n) is 2.59. The van der Waals surface area contributed by atoms with Crippen LogP contribution in [0.15, 0.2) is 46.5 Å². The van der Waals surface area contributed by atoms with Crippen molar-refractivity contribution in [1.29, 1.82) is 0 Å². The second-order valence-corrected chi connectivity index (χ2v) is 5.44. The molecule has 0 saturated heterocycles. The lowest BCUT2D eigenvalue weighted by Crippen LogP contribution is -1.99. The van der Waals surface area contributed by atoms with E-state index in [1.807, 2.05) is 37.3 Å². The summed E-state index contributed by atoms with van der Waals surface area (Å²) in [6, 6.07) is 9.44. The van der Waals surface area contributed by atoms with Crippen molar-refractivity contribution < 1.29 is 0 Å². The van der Waals surface area contributed by atoms with E-state index in [1.165, 1.54) is 11.8 Å². The monoisotopic (exact) mass is 299 g/mol. The molecule has 0 aliphatic rings. The molecule has 0 fully saturated rings. The number of rotatable bonds is 4. The Balaban J connectivity index is 1.75. The molecule has 7 nitrogen and oxygen atoms in total. The van der Waals surface area contributed by atoms with Crippen molar-refractivity contribution in [2.24, 2.45) is 0 Å². The largest absolute Gasteiger partial charge is 0.399 e. The number of nitrogen functional groups attached to an aromatic ring is 1. The lowest BCUT2D eigenvalue weighted by atomic mass is 10.3. The van der Waals surface area contributed by atoms with Crippen LogP contribution >= 0.6 is 11.8 Å². The van der Waals surface area contributed by atoms with Gasteiger partial charge in [-0.3, -0.25) is 5.10 Å². The van der Waals surface area contributed by atoms with Gasteiger partial charge in [0.1, 0.15) is 5.03 Å². The van der Waals surface area contributed by atoms with Crippen LogP contribution < -0.4 is 11.1 Å². The molecule has 21 heavy (non-hydrogen) atoms. The molecule has 0 bridgehead atoms. The minimum absolute atomic E-state index is 0.405. The summed E-state index contributed by atoms with van der Waals surface area (Å²) in [7, 11) is 0. The molecular formula is C13H13N7S. The highest BCUT2D eigenvalue weighted by Gasteiger charge is 2.05. The predicted octanol–water partition coefficient (Wildman–Crippen LogP) is 2.38. The van der Waals surface area contributed by atoms with Gasteiger partial charge in [0.2, 0.25) is 5.95 Å². The molecule has 0 aliphatic carbocycles. The first kappa shape index (κ1) is 13.4. The Morgan fingerprint density at radius 3 is 2.76 bits per heavy atom. The summed E-state index contributed by atoms with van der Waals surface area (Å²) in [5, 5.41) is 18.5. The summed E-state index contributed by atoms with van der Waals surface area (Å²) in [5.74, 6) is 1.06. The van der Waals surface area contributed by atoms with Crippen LogP contribution in [0, 0.1) is 6.92 Å². The number of hydrogen-bond donors (Lipinski definition) is 3.